The number of aromatic nitrogens is 1. The van der Waals surface area contributed by atoms with E-state index in [1.807, 2.05) is 37.3 Å². The molecule has 4 nitrogen and oxygen atoms in total. The van der Waals surface area contributed by atoms with E-state index in [4.69, 9.17) is 11.6 Å². The molecule has 138 valence electrons. The third kappa shape index (κ3) is 4.21. The predicted octanol–water partition coefficient (Wildman–Crippen LogP) is 4.59. The van der Waals surface area contributed by atoms with Crippen molar-refractivity contribution in [2.45, 2.75) is 26.3 Å². The Balaban J connectivity index is 1.49. The van der Waals surface area contributed by atoms with E-state index in [1.54, 1.807) is 0 Å². The van der Waals surface area contributed by atoms with Crippen molar-refractivity contribution < 1.29 is 4.79 Å². The van der Waals surface area contributed by atoms with Crippen molar-refractivity contribution in [3.8, 4) is 0 Å². The van der Waals surface area contributed by atoms with Crippen molar-refractivity contribution in [2.75, 3.05) is 11.9 Å². The fourth-order valence-electron chi connectivity index (χ4n) is 3.26. The van der Waals surface area contributed by atoms with Gasteiger partial charge in [-0.3, -0.25) is 4.79 Å². The Morgan fingerprint density at radius 2 is 2.04 bits per heavy atom. The number of aryl methyl sites for hydroxylation is 1. The lowest BCUT2D eigenvalue weighted by Crippen LogP contribution is -2.23. The van der Waals surface area contributed by atoms with Crippen LogP contribution in [-0.4, -0.2) is 17.4 Å². The van der Waals surface area contributed by atoms with Crippen LogP contribution in [0.1, 0.15) is 37.1 Å². The average molecular weight is 398 g/mol. The fourth-order valence-corrected chi connectivity index (χ4v) is 4.38. The molecule has 0 fully saturated rings. The minimum atomic E-state index is -0.0961. The summed E-state index contributed by atoms with van der Waals surface area (Å²) in [5, 5.41) is 8.03. The first-order chi connectivity index (χ1) is 13.1. The minimum Gasteiger partial charge on any atom is -0.321 e. The van der Waals surface area contributed by atoms with Crippen LogP contribution in [0.4, 0.5) is 5.69 Å². The van der Waals surface area contributed by atoms with E-state index in [-0.39, 0.29) is 5.91 Å². The van der Waals surface area contributed by atoms with Crippen LogP contribution in [0, 0.1) is 6.92 Å². The summed E-state index contributed by atoms with van der Waals surface area (Å²) in [5.41, 5.74) is 5.34. The molecule has 1 amide bonds. The zero-order chi connectivity index (χ0) is 18.8. The molecule has 1 aromatic heterocycles. The number of thiazole rings is 1. The third-order valence-electron chi connectivity index (χ3n) is 4.67. The number of halogens is 1. The smallest absolute Gasteiger partial charge is 0.267 e. The Hall–Kier alpha value is -2.21. The summed E-state index contributed by atoms with van der Waals surface area (Å²) < 4.78 is 0. The summed E-state index contributed by atoms with van der Waals surface area (Å²) in [6.07, 6.45) is 1.69. The number of anilines is 1. The molecule has 0 bridgehead atoms. The maximum Gasteiger partial charge on any atom is 0.267 e. The monoisotopic (exact) mass is 397 g/mol. The largest absolute Gasteiger partial charge is 0.321 e. The van der Waals surface area contributed by atoms with Crippen LogP contribution >= 0.6 is 22.9 Å². The molecular weight excluding hydrogens is 378 g/mol. The van der Waals surface area contributed by atoms with Gasteiger partial charge in [-0.1, -0.05) is 29.8 Å². The van der Waals surface area contributed by atoms with E-state index in [9.17, 15) is 4.79 Å². The van der Waals surface area contributed by atoms with Crippen LogP contribution in [-0.2, 0) is 19.4 Å². The maximum absolute atomic E-state index is 12.7. The lowest BCUT2D eigenvalue weighted by molar-refractivity contribution is 0.103. The van der Waals surface area contributed by atoms with Crippen molar-refractivity contribution in [3.05, 3.63) is 79.8 Å². The van der Waals surface area contributed by atoms with Crippen LogP contribution < -0.4 is 10.6 Å². The third-order valence-corrected chi connectivity index (χ3v) is 6.07. The van der Waals surface area contributed by atoms with E-state index in [0.29, 0.717) is 11.3 Å². The second-order valence-corrected chi connectivity index (χ2v) is 8.21. The molecular formula is C21H20ClN3OS. The number of hydrogen-bond acceptors (Lipinski definition) is 4. The van der Waals surface area contributed by atoms with Gasteiger partial charge in [0.1, 0.15) is 4.88 Å². The molecule has 2 heterocycles. The van der Waals surface area contributed by atoms with Gasteiger partial charge in [0.25, 0.3) is 5.91 Å². The van der Waals surface area contributed by atoms with Crippen molar-refractivity contribution in [3.63, 3.8) is 0 Å². The fraction of sp³-hybridized carbons (Fsp3) is 0.238. The highest BCUT2D eigenvalue weighted by Crippen LogP contribution is 2.24. The van der Waals surface area contributed by atoms with Gasteiger partial charge in [-0.15, -0.1) is 11.3 Å². The lowest BCUT2D eigenvalue weighted by Gasteiger charge is -2.18. The van der Waals surface area contributed by atoms with Gasteiger partial charge in [-0.05, 0) is 60.8 Å². The Labute approximate surface area is 167 Å². The summed E-state index contributed by atoms with van der Waals surface area (Å²) in [6.45, 7) is 3.76. The molecule has 1 aliphatic heterocycles. The summed E-state index contributed by atoms with van der Waals surface area (Å²) in [5.74, 6) is -0.0961. The quantitative estimate of drug-likeness (QED) is 0.676. The second kappa shape index (κ2) is 7.80. The van der Waals surface area contributed by atoms with Gasteiger partial charge in [0.05, 0.1) is 10.7 Å². The van der Waals surface area contributed by atoms with Gasteiger partial charge >= 0.3 is 0 Å². The number of nitrogens with zero attached hydrogens (tertiary/aromatic N) is 1. The molecule has 0 spiro atoms. The molecule has 27 heavy (non-hydrogen) atoms. The normalized spacial score (nSPS) is 13.3. The topological polar surface area (TPSA) is 54.0 Å². The molecule has 2 aromatic carbocycles. The van der Waals surface area contributed by atoms with E-state index >= 15 is 0 Å². The first-order valence-corrected chi connectivity index (χ1v) is 10.1. The zero-order valence-electron chi connectivity index (χ0n) is 15.0. The van der Waals surface area contributed by atoms with Crippen LogP contribution in [0.25, 0.3) is 0 Å². The number of benzene rings is 2. The number of hydrogen-bond donors (Lipinski definition) is 2. The van der Waals surface area contributed by atoms with Gasteiger partial charge in [-0.2, -0.15) is 0 Å². The van der Waals surface area contributed by atoms with Gasteiger partial charge < -0.3 is 10.6 Å². The summed E-state index contributed by atoms with van der Waals surface area (Å²) in [6, 6.07) is 13.9. The summed E-state index contributed by atoms with van der Waals surface area (Å²) >= 11 is 7.39. The number of nitrogens with one attached hydrogen (secondary N) is 2. The molecule has 0 saturated heterocycles. The molecule has 0 unspecified atom stereocenters. The molecule has 0 radical (unpaired) electrons. The van der Waals surface area contributed by atoms with E-state index in [2.05, 4.69) is 27.8 Å². The molecule has 6 heteroatoms. The molecule has 3 aromatic rings. The molecule has 1 aliphatic rings. The highest BCUT2D eigenvalue weighted by Gasteiger charge is 2.17. The highest BCUT2D eigenvalue weighted by molar-refractivity contribution is 7.14. The van der Waals surface area contributed by atoms with Crippen LogP contribution in [0.15, 0.2) is 42.5 Å². The lowest BCUT2D eigenvalue weighted by atomic mass is 10.0. The standard InChI is InChI=1S/C21H20ClN3OS/c1-13-20(27-19(24-13)10-14-2-5-17(22)6-3-14)21(26)25-18-7-4-16-12-23-9-8-15(16)11-18/h2-7,11,23H,8-10,12H2,1H3,(H,25,26). The molecule has 4 rings (SSSR count). The summed E-state index contributed by atoms with van der Waals surface area (Å²) in [7, 11) is 0. The zero-order valence-corrected chi connectivity index (χ0v) is 16.6. The van der Waals surface area contributed by atoms with E-state index < -0.39 is 0 Å². The highest BCUT2D eigenvalue weighted by atomic mass is 35.5. The van der Waals surface area contributed by atoms with Crippen LogP contribution in [0.5, 0.6) is 0 Å². The van der Waals surface area contributed by atoms with Crippen molar-refractivity contribution in [2.24, 2.45) is 0 Å². The average Bonchev–Trinajstić information content (AvgIpc) is 3.04. The number of rotatable bonds is 4. The summed E-state index contributed by atoms with van der Waals surface area (Å²) in [4.78, 5) is 18.0. The predicted molar refractivity (Wildman–Crippen MR) is 111 cm³/mol. The van der Waals surface area contributed by atoms with Gasteiger partial charge in [-0.25, -0.2) is 4.98 Å². The number of carbonyl (C=O) groups is 1. The Bertz CT molecular complexity index is 982. The molecule has 0 aliphatic carbocycles. The van der Waals surface area contributed by atoms with Crippen LogP contribution in [0.3, 0.4) is 0 Å². The van der Waals surface area contributed by atoms with Gasteiger partial charge in [0, 0.05) is 23.7 Å². The Morgan fingerprint density at radius 3 is 2.85 bits per heavy atom. The number of fused-ring (bicyclic) bond motifs is 1. The van der Waals surface area contributed by atoms with Gasteiger partial charge in [0.15, 0.2) is 0 Å². The maximum atomic E-state index is 12.7. The Morgan fingerprint density at radius 1 is 1.22 bits per heavy atom. The first kappa shape index (κ1) is 18.2. The Kier molecular flexibility index (Phi) is 5.25. The van der Waals surface area contributed by atoms with Crippen molar-refractivity contribution >= 4 is 34.5 Å². The minimum absolute atomic E-state index is 0.0961. The molecule has 0 saturated carbocycles. The van der Waals surface area contributed by atoms with Gasteiger partial charge in [0.2, 0.25) is 0 Å². The van der Waals surface area contributed by atoms with E-state index in [0.717, 1.165) is 46.5 Å². The van der Waals surface area contributed by atoms with Crippen LogP contribution in [0.2, 0.25) is 5.02 Å². The van der Waals surface area contributed by atoms with Crippen molar-refractivity contribution in [1.82, 2.24) is 10.3 Å². The van der Waals surface area contributed by atoms with E-state index in [1.165, 1.54) is 22.5 Å². The molecule has 0 atom stereocenters. The second-order valence-electron chi connectivity index (χ2n) is 6.69. The SMILES string of the molecule is Cc1nc(Cc2ccc(Cl)cc2)sc1C(=O)Nc1ccc2c(c1)CCNC2. The number of carbonyl (C=O) groups excluding carboxylic acids is 1. The molecule has 2 N–H and O–H groups in total. The number of amides is 1. The first-order valence-electron chi connectivity index (χ1n) is 8.93. The van der Waals surface area contributed by atoms with Crippen molar-refractivity contribution in [1.29, 1.82) is 0 Å².